The molecule has 1 N–H and O–H groups in total. The van der Waals surface area contributed by atoms with Gasteiger partial charge in [-0.15, -0.1) is 0 Å². The number of nitrogens with one attached hydrogen (secondary N) is 1. The lowest BCUT2D eigenvalue weighted by molar-refractivity contribution is -0.140. The topological polar surface area (TPSA) is 55.4 Å². The fourth-order valence-corrected chi connectivity index (χ4v) is 2.17. The van der Waals surface area contributed by atoms with Gasteiger partial charge in [0.1, 0.15) is 0 Å². The van der Waals surface area contributed by atoms with Crippen molar-refractivity contribution in [2.45, 2.75) is 38.5 Å². The predicted octanol–water partition coefficient (Wildman–Crippen LogP) is 3.89. The van der Waals surface area contributed by atoms with Gasteiger partial charge in [0.05, 0.1) is 7.11 Å². The largest absolute Gasteiger partial charge is 0.469 e. The summed E-state index contributed by atoms with van der Waals surface area (Å²) < 4.78 is 4.59. The van der Waals surface area contributed by atoms with Crippen molar-refractivity contribution in [3.63, 3.8) is 0 Å². The van der Waals surface area contributed by atoms with E-state index in [1.54, 1.807) is 6.08 Å². The maximum atomic E-state index is 11.6. The molecule has 0 heterocycles. The van der Waals surface area contributed by atoms with E-state index in [1.807, 2.05) is 42.5 Å². The Morgan fingerprint density at radius 1 is 1.00 bits per heavy atom. The van der Waals surface area contributed by atoms with Gasteiger partial charge in [0.15, 0.2) is 0 Å². The van der Waals surface area contributed by atoms with Gasteiger partial charge in [-0.25, -0.2) is 0 Å². The monoisotopic (exact) mass is 329 g/mol. The third-order valence-electron chi connectivity index (χ3n) is 3.53. The van der Waals surface area contributed by atoms with Gasteiger partial charge in [0.25, 0.3) is 0 Å². The van der Waals surface area contributed by atoms with E-state index in [9.17, 15) is 9.59 Å². The maximum absolute atomic E-state index is 11.6. The zero-order valence-corrected chi connectivity index (χ0v) is 14.4. The molecule has 0 aliphatic carbocycles. The number of hydrogen-bond donors (Lipinski definition) is 1. The Kier molecular flexibility index (Phi) is 10.8. The van der Waals surface area contributed by atoms with Crippen molar-refractivity contribution in [2.24, 2.45) is 0 Å². The summed E-state index contributed by atoms with van der Waals surface area (Å²) in [5.41, 5.74) is 1.11. The Morgan fingerprint density at radius 3 is 2.46 bits per heavy atom. The van der Waals surface area contributed by atoms with Crippen molar-refractivity contribution >= 4 is 18.0 Å². The highest BCUT2D eigenvalue weighted by molar-refractivity contribution is 5.87. The van der Waals surface area contributed by atoms with Gasteiger partial charge < -0.3 is 10.1 Å². The van der Waals surface area contributed by atoms with E-state index in [0.29, 0.717) is 13.0 Å². The number of amides is 1. The van der Waals surface area contributed by atoms with Gasteiger partial charge in [-0.1, -0.05) is 67.8 Å². The molecule has 0 fully saturated rings. The highest BCUT2D eigenvalue weighted by Crippen LogP contribution is 2.05. The summed E-state index contributed by atoms with van der Waals surface area (Å²) >= 11 is 0. The Morgan fingerprint density at radius 2 is 1.71 bits per heavy atom. The summed E-state index contributed by atoms with van der Waals surface area (Å²) in [6.45, 7) is 0.683. The number of ether oxygens (including phenoxy) is 1. The molecule has 130 valence electrons. The fraction of sp³-hybridized carbons (Fsp3) is 0.400. The molecule has 0 spiro atoms. The number of esters is 1. The maximum Gasteiger partial charge on any atom is 0.305 e. The van der Waals surface area contributed by atoms with Crippen LogP contribution in [0.15, 0.2) is 48.6 Å². The molecule has 0 saturated carbocycles. The first-order valence-electron chi connectivity index (χ1n) is 8.47. The van der Waals surface area contributed by atoms with E-state index >= 15 is 0 Å². The first-order valence-corrected chi connectivity index (χ1v) is 8.47. The molecular formula is C20H27NO3. The summed E-state index contributed by atoms with van der Waals surface area (Å²) in [5, 5.41) is 2.87. The molecule has 0 unspecified atom stereocenters. The number of unbranched alkanes of at least 4 members (excludes halogenated alkanes) is 4. The highest BCUT2D eigenvalue weighted by atomic mass is 16.5. The lowest BCUT2D eigenvalue weighted by Gasteiger charge is -2.02. The van der Waals surface area contributed by atoms with Gasteiger partial charge in [-0.05, 0) is 18.4 Å². The molecule has 0 saturated heterocycles. The minimum absolute atomic E-state index is 0.0709. The minimum atomic E-state index is -0.143. The summed E-state index contributed by atoms with van der Waals surface area (Å²) in [7, 11) is 1.41. The Labute approximate surface area is 144 Å². The molecule has 1 rings (SSSR count). The molecule has 0 bridgehead atoms. The molecule has 0 radical (unpaired) electrons. The van der Waals surface area contributed by atoms with Gasteiger partial charge in [-0.2, -0.15) is 0 Å². The first-order chi connectivity index (χ1) is 11.7. The van der Waals surface area contributed by atoms with Crippen LogP contribution in [0.3, 0.4) is 0 Å². The number of hydrogen-bond acceptors (Lipinski definition) is 3. The molecule has 4 heteroatoms. The van der Waals surface area contributed by atoms with E-state index in [1.165, 1.54) is 13.2 Å². The second-order valence-corrected chi connectivity index (χ2v) is 5.51. The van der Waals surface area contributed by atoms with E-state index < -0.39 is 0 Å². The van der Waals surface area contributed by atoms with Crippen LogP contribution >= 0.6 is 0 Å². The van der Waals surface area contributed by atoms with Crippen molar-refractivity contribution in [2.75, 3.05) is 13.7 Å². The molecule has 24 heavy (non-hydrogen) atoms. The van der Waals surface area contributed by atoms with Crippen LogP contribution in [-0.2, 0) is 14.3 Å². The zero-order valence-electron chi connectivity index (χ0n) is 14.4. The van der Waals surface area contributed by atoms with Crippen molar-refractivity contribution in [1.29, 1.82) is 0 Å². The summed E-state index contributed by atoms with van der Waals surface area (Å²) in [5.74, 6) is -0.214. The average Bonchev–Trinajstić information content (AvgIpc) is 2.61. The van der Waals surface area contributed by atoms with Crippen LogP contribution in [0, 0.1) is 0 Å². The standard InChI is InChI=1S/C20H27NO3/c1-24-20(23)16-8-3-2-4-11-17-21-19(22)15-10-9-14-18-12-6-5-7-13-18/h5-7,9-10,12-15H,2-4,8,11,16-17H2,1H3,(H,21,22). The number of rotatable bonds is 11. The van der Waals surface area contributed by atoms with Gasteiger partial charge in [-0.3, -0.25) is 9.59 Å². The molecule has 0 aliphatic rings. The van der Waals surface area contributed by atoms with E-state index in [-0.39, 0.29) is 11.9 Å². The van der Waals surface area contributed by atoms with Crippen LogP contribution in [0.25, 0.3) is 6.08 Å². The zero-order chi connectivity index (χ0) is 17.5. The molecule has 1 amide bonds. The van der Waals surface area contributed by atoms with Crippen LogP contribution in [0.5, 0.6) is 0 Å². The Bertz CT molecular complexity index is 535. The highest BCUT2D eigenvalue weighted by Gasteiger charge is 1.99. The van der Waals surface area contributed by atoms with Gasteiger partial charge in [0.2, 0.25) is 5.91 Å². The summed E-state index contributed by atoms with van der Waals surface area (Å²) in [6.07, 6.45) is 12.6. The van der Waals surface area contributed by atoms with Crippen molar-refractivity contribution in [3.05, 3.63) is 54.1 Å². The molecule has 0 aromatic heterocycles. The predicted molar refractivity (Wildman–Crippen MR) is 97.3 cm³/mol. The van der Waals surface area contributed by atoms with E-state index in [0.717, 1.165) is 37.7 Å². The van der Waals surface area contributed by atoms with Crippen LogP contribution in [-0.4, -0.2) is 25.5 Å². The molecular weight excluding hydrogens is 302 g/mol. The van der Waals surface area contributed by atoms with Gasteiger partial charge >= 0.3 is 5.97 Å². The van der Waals surface area contributed by atoms with E-state index in [2.05, 4.69) is 10.1 Å². The molecule has 0 aliphatic heterocycles. The number of allylic oxidation sites excluding steroid dienone is 2. The number of carbonyl (C=O) groups excluding carboxylic acids is 2. The van der Waals surface area contributed by atoms with Crippen LogP contribution in [0.2, 0.25) is 0 Å². The van der Waals surface area contributed by atoms with Crippen molar-refractivity contribution in [1.82, 2.24) is 5.32 Å². The third-order valence-corrected chi connectivity index (χ3v) is 3.53. The number of benzene rings is 1. The smallest absolute Gasteiger partial charge is 0.305 e. The number of methoxy groups -OCH3 is 1. The van der Waals surface area contributed by atoms with Crippen LogP contribution < -0.4 is 5.32 Å². The number of carbonyl (C=O) groups is 2. The van der Waals surface area contributed by atoms with Crippen molar-refractivity contribution < 1.29 is 14.3 Å². The van der Waals surface area contributed by atoms with Gasteiger partial charge in [0, 0.05) is 19.0 Å². The fourth-order valence-electron chi connectivity index (χ4n) is 2.17. The Hall–Kier alpha value is -2.36. The molecule has 0 atom stereocenters. The molecule has 1 aromatic carbocycles. The molecule has 4 nitrogen and oxygen atoms in total. The van der Waals surface area contributed by atoms with Crippen molar-refractivity contribution in [3.8, 4) is 0 Å². The minimum Gasteiger partial charge on any atom is -0.469 e. The second kappa shape index (κ2) is 13.1. The lowest BCUT2D eigenvalue weighted by Crippen LogP contribution is -2.21. The third kappa shape index (κ3) is 10.4. The van der Waals surface area contributed by atoms with E-state index in [4.69, 9.17) is 0 Å². The first kappa shape index (κ1) is 19.7. The summed E-state index contributed by atoms with van der Waals surface area (Å²) in [6, 6.07) is 9.95. The van der Waals surface area contributed by atoms with Crippen LogP contribution in [0.1, 0.15) is 44.1 Å². The molecule has 1 aromatic rings. The SMILES string of the molecule is COC(=O)CCCCCCCNC(=O)C=CC=Cc1ccccc1. The second-order valence-electron chi connectivity index (χ2n) is 5.51. The quantitative estimate of drug-likeness (QED) is 0.290. The summed E-state index contributed by atoms with van der Waals surface area (Å²) in [4.78, 5) is 22.5. The average molecular weight is 329 g/mol. The lowest BCUT2D eigenvalue weighted by atomic mass is 10.1. The Balaban J connectivity index is 2.01. The van der Waals surface area contributed by atoms with Crippen LogP contribution in [0.4, 0.5) is 0 Å². The normalized spacial score (nSPS) is 11.0.